The van der Waals surface area contributed by atoms with Gasteiger partial charge in [0.2, 0.25) is 5.91 Å². The number of aliphatic carboxylic acids is 1. The SMILES string of the molecule is O=C(O)[C@@H](Cc1ccc2ccccc2c1)NC(=O)[C@H]1CCCO1. The average molecular weight is 313 g/mol. The van der Waals surface area contributed by atoms with Gasteiger partial charge in [-0.25, -0.2) is 4.79 Å². The third kappa shape index (κ3) is 3.68. The van der Waals surface area contributed by atoms with Crippen LogP contribution < -0.4 is 5.32 Å². The molecule has 0 aliphatic carbocycles. The highest BCUT2D eigenvalue weighted by atomic mass is 16.5. The number of benzene rings is 2. The zero-order valence-electron chi connectivity index (χ0n) is 12.7. The molecule has 0 saturated carbocycles. The minimum atomic E-state index is -1.04. The molecule has 23 heavy (non-hydrogen) atoms. The molecule has 1 heterocycles. The molecule has 5 heteroatoms. The van der Waals surface area contributed by atoms with E-state index in [1.54, 1.807) is 0 Å². The zero-order chi connectivity index (χ0) is 16.2. The number of hydrogen-bond donors (Lipinski definition) is 2. The summed E-state index contributed by atoms with van der Waals surface area (Å²) in [5, 5.41) is 14.1. The topological polar surface area (TPSA) is 75.6 Å². The molecule has 0 spiro atoms. The summed E-state index contributed by atoms with van der Waals surface area (Å²) in [5.74, 6) is -1.37. The van der Waals surface area contributed by atoms with Crippen molar-refractivity contribution in [3.05, 3.63) is 48.0 Å². The van der Waals surface area contributed by atoms with Crippen molar-refractivity contribution in [1.82, 2.24) is 5.32 Å². The van der Waals surface area contributed by atoms with E-state index in [4.69, 9.17) is 4.74 Å². The van der Waals surface area contributed by atoms with Crippen LogP contribution in [0.3, 0.4) is 0 Å². The quantitative estimate of drug-likeness (QED) is 0.886. The monoisotopic (exact) mass is 313 g/mol. The van der Waals surface area contributed by atoms with E-state index < -0.39 is 18.1 Å². The second kappa shape index (κ2) is 6.79. The molecule has 2 aromatic carbocycles. The van der Waals surface area contributed by atoms with Gasteiger partial charge in [-0.05, 0) is 29.2 Å². The molecule has 0 unspecified atom stereocenters. The third-order valence-electron chi connectivity index (χ3n) is 4.09. The largest absolute Gasteiger partial charge is 0.480 e. The van der Waals surface area contributed by atoms with Crippen LogP contribution in [0.5, 0.6) is 0 Å². The van der Waals surface area contributed by atoms with Crippen LogP contribution in [0.15, 0.2) is 42.5 Å². The normalized spacial score (nSPS) is 18.7. The first-order valence-corrected chi connectivity index (χ1v) is 7.76. The molecule has 2 atom stereocenters. The fourth-order valence-electron chi connectivity index (χ4n) is 2.85. The summed E-state index contributed by atoms with van der Waals surface area (Å²) in [6.07, 6.45) is 1.21. The predicted molar refractivity (Wildman–Crippen MR) is 86.2 cm³/mol. The van der Waals surface area contributed by atoms with Crippen molar-refractivity contribution in [3.8, 4) is 0 Å². The molecule has 2 N–H and O–H groups in total. The van der Waals surface area contributed by atoms with Gasteiger partial charge in [0.15, 0.2) is 0 Å². The first-order chi connectivity index (χ1) is 11.1. The van der Waals surface area contributed by atoms with E-state index >= 15 is 0 Å². The minimum absolute atomic E-state index is 0.249. The van der Waals surface area contributed by atoms with Crippen LogP contribution in [0, 0.1) is 0 Å². The van der Waals surface area contributed by atoms with E-state index in [1.165, 1.54) is 0 Å². The molecular formula is C18H19NO4. The lowest BCUT2D eigenvalue weighted by molar-refractivity contribution is -0.143. The molecular weight excluding hydrogens is 294 g/mol. The van der Waals surface area contributed by atoms with E-state index in [0.29, 0.717) is 13.0 Å². The molecule has 1 saturated heterocycles. The molecule has 2 aromatic rings. The number of carboxylic acids is 1. The summed E-state index contributed by atoms with van der Waals surface area (Å²) in [5.41, 5.74) is 0.878. The molecule has 3 rings (SSSR count). The number of hydrogen-bond acceptors (Lipinski definition) is 3. The molecule has 120 valence electrons. The molecule has 0 aromatic heterocycles. The van der Waals surface area contributed by atoms with Crippen molar-refractivity contribution < 1.29 is 19.4 Å². The summed E-state index contributed by atoms with van der Waals surface area (Å²) in [7, 11) is 0. The van der Waals surface area contributed by atoms with E-state index in [1.807, 2.05) is 42.5 Å². The Morgan fingerprint density at radius 3 is 2.70 bits per heavy atom. The van der Waals surface area contributed by atoms with E-state index in [9.17, 15) is 14.7 Å². The smallest absolute Gasteiger partial charge is 0.326 e. The number of fused-ring (bicyclic) bond motifs is 1. The number of carboxylic acid groups (broad SMARTS) is 1. The Labute approximate surface area is 134 Å². The summed E-state index contributed by atoms with van der Waals surface area (Å²) in [6.45, 7) is 0.556. The fraction of sp³-hybridized carbons (Fsp3) is 0.333. The van der Waals surface area contributed by atoms with Crippen LogP contribution in [0.1, 0.15) is 18.4 Å². The third-order valence-corrected chi connectivity index (χ3v) is 4.09. The van der Waals surface area contributed by atoms with Crippen LogP contribution >= 0.6 is 0 Å². The Balaban J connectivity index is 1.72. The van der Waals surface area contributed by atoms with Gasteiger partial charge in [-0.15, -0.1) is 0 Å². The maximum atomic E-state index is 12.1. The Kier molecular flexibility index (Phi) is 4.57. The minimum Gasteiger partial charge on any atom is -0.480 e. The first kappa shape index (κ1) is 15.5. The lowest BCUT2D eigenvalue weighted by atomic mass is 10.0. The van der Waals surface area contributed by atoms with Crippen LogP contribution in [0.2, 0.25) is 0 Å². The number of carbonyl (C=O) groups excluding carboxylic acids is 1. The summed E-state index contributed by atoms with van der Waals surface area (Å²) in [4.78, 5) is 23.5. The Hall–Kier alpha value is -2.40. The zero-order valence-corrected chi connectivity index (χ0v) is 12.7. The van der Waals surface area contributed by atoms with Crippen molar-refractivity contribution in [1.29, 1.82) is 0 Å². The number of ether oxygens (including phenoxy) is 1. The van der Waals surface area contributed by atoms with E-state index in [0.717, 1.165) is 22.8 Å². The first-order valence-electron chi connectivity index (χ1n) is 7.76. The maximum Gasteiger partial charge on any atom is 0.326 e. The maximum absolute atomic E-state index is 12.1. The Bertz CT molecular complexity index is 722. The lowest BCUT2D eigenvalue weighted by Crippen LogP contribution is -2.46. The highest BCUT2D eigenvalue weighted by Crippen LogP contribution is 2.17. The van der Waals surface area contributed by atoms with Gasteiger partial charge in [-0.2, -0.15) is 0 Å². The standard InChI is InChI=1S/C18H19NO4/c20-17(16-6-3-9-23-16)19-15(18(21)22)11-12-7-8-13-4-1-2-5-14(13)10-12/h1-2,4-5,7-8,10,15-16H,3,6,9,11H2,(H,19,20)(H,21,22)/t15-,16-/m1/s1. The van der Waals surface area contributed by atoms with Crippen molar-refractivity contribution in [2.45, 2.75) is 31.4 Å². The van der Waals surface area contributed by atoms with Gasteiger partial charge in [0.25, 0.3) is 0 Å². The highest BCUT2D eigenvalue weighted by Gasteiger charge is 2.28. The van der Waals surface area contributed by atoms with Gasteiger partial charge >= 0.3 is 5.97 Å². The summed E-state index contributed by atoms with van der Waals surface area (Å²) >= 11 is 0. The van der Waals surface area contributed by atoms with Gasteiger partial charge in [0, 0.05) is 13.0 Å². The van der Waals surface area contributed by atoms with Crippen molar-refractivity contribution in [2.24, 2.45) is 0 Å². The Morgan fingerprint density at radius 2 is 2.00 bits per heavy atom. The van der Waals surface area contributed by atoms with Gasteiger partial charge in [-0.3, -0.25) is 4.79 Å². The van der Waals surface area contributed by atoms with Gasteiger partial charge in [-0.1, -0.05) is 42.5 Å². The van der Waals surface area contributed by atoms with Crippen LogP contribution in [0.25, 0.3) is 10.8 Å². The van der Waals surface area contributed by atoms with Crippen LogP contribution in [-0.2, 0) is 20.7 Å². The second-order valence-corrected chi connectivity index (χ2v) is 5.79. The highest BCUT2D eigenvalue weighted by molar-refractivity contribution is 5.87. The van der Waals surface area contributed by atoms with Gasteiger partial charge in [0.1, 0.15) is 12.1 Å². The van der Waals surface area contributed by atoms with Crippen molar-refractivity contribution in [3.63, 3.8) is 0 Å². The van der Waals surface area contributed by atoms with Gasteiger partial charge < -0.3 is 15.2 Å². The molecule has 1 fully saturated rings. The number of nitrogens with one attached hydrogen (secondary N) is 1. The lowest BCUT2D eigenvalue weighted by Gasteiger charge is -2.17. The molecule has 1 amide bonds. The van der Waals surface area contributed by atoms with E-state index in [2.05, 4.69) is 5.32 Å². The van der Waals surface area contributed by atoms with E-state index in [-0.39, 0.29) is 12.3 Å². The average Bonchev–Trinajstić information content (AvgIpc) is 3.08. The van der Waals surface area contributed by atoms with Gasteiger partial charge in [0.05, 0.1) is 0 Å². The summed E-state index contributed by atoms with van der Waals surface area (Å²) < 4.78 is 5.30. The van der Waals surface area contributed by atoms with Crippen LogP contribution in [0.4, 0.5) is 0 Å². The Morgan fingerprint density at radius 1 is 1.22 bits per heavy atom. The molecule has 5 nitrogen and oxygen atoms in total. The second-order valence-electron chi connectivity index (χ2n) is 5.79. The molecule has 0 bridgehead atoms. The van der Waals surface area contributed by atoms with Crippen molar-refractivity contribution in [2.75, 3.05) is 6.61 Å². The molecule has 1 aliphatic heterocycles. The summed E-state index contributed by atoms with van der Waals surface area (Å²) in [6, 6.07) is 12.8. The fourth-order valence-corrected chi connectivity index (χ4v) is 2.85. The number of amides is 1. The number of rotatable bonds is 5. The predicted octanol–water partition coefficient (Wildman–Crippen LogP) is 2.13. The molecule has 0 radical (unpaired) electrons. The van der Waals surface area contributed by atoms with Crippen LogP contribution in [-0.4, -0.2) is 35.7 Å². The number of carbonyl (C=O) groups is 2. The van der Waals surface area contributed by atoms with Crippen molar-refractivity contribution >= 4 is 22.6 Å². The molecule has 1 aliphatic rings.